The molecule has 0 bridgehead atoms. The number of carbonyl (C=O) groups is 1. The number of halogens is 1. The number of ether oxygens (including phenoxy) is 2. The van der Waals surface area contributed by atoms with Crippen LogP contribution >= 0.6 is 11.8 Å². The number of methoxy groups -OCH3 is 1. The smallest absolute Gasteiger partial charge is 0.284 e. The van der Waals surface area contributed by atoms with Gasteiger partial charge < -0.3 is 9.47 Å². The highest BCUT2D eigenvalue weighted by Gasteiger charge is 2.34. The molecule has 1 aliphatic heterocycles. The minimum absolute atomic E-state index is 0.000558. The number of benzene rings is 2. The summed E-state index contributed by atoms with van der Waals surface area (Å²) in [6.07, 6.45) is 11.4. The molecule has 39 heavy (non-hydrogen) atoms. The van der Waals surface area contributed by atoms with E-state index in [4.69, 9.17) is 9.47 Å². The van der Waals surface area contributed by atoms with Gasteiger partial charge in [0.25, 0.3) is 15.9 Å². The van der Waals surface area contributed by atoms with Crippen LogP contribution in [0.3, 0.4) is 0 Å². The predicted octanol–water partition coefficient (Wildman–Crippen LogP) is 6.81. The van der Waals surface area contributed by atoms with Crippen LogP contribution in [0, 0.1) is 5.82 Å². The lowest BCUT2D eigenvalue weighted by Crippen LogP contribution is -2.29. The molecular weight excluding hydrogens is 539 g/mol. The number of hydrogen-bond acceptors (Lipinski definition) is 6. The fraction of sp³-hybridized carbons (Fsp3) is 0.379. The number of hydrogen-bond donors (Lipinski definition) is 0. The highest BCUT2D eigenvalue weighted by atomic mass is 32.2. The average molecular weight is 575 g/mol. The lowest BCUT2D eigenvalue weighted by atomic mass is 10.1. The standard InChI is InChI=1S/C29H35FN2O5S2/c1-4-6-7-8-9-10-11-19-37-26-20-22(12-17-25(26)36-3)21-27-28(33)32(18-5-2)29(38-27)31-39(34,35)24-15-13-23(30)14-16-24/h5,12-17,20-21H,2,4,6-11,18-19H2,1,3H3. The van der Waals surface area contributed by atoms with Crippen molar-refractivity contribution in [3.63, 3.8) is 0 Å². The van der Waals surface area contributed by atoms with Gasteiger partial charge in [-0.2, -0.15) is 8.42 Å². The Morgan fingerprint density at radius 2 is 1.72 bits per heavy atom. The Balaban J connectivity index is 1.76. The second-order valence-electron chi connectivity index (χ2n) is 9.00. The van der Waals surface area contributed by atoms with Gasteiger partial charge in [-0.05, 0) is 66.2 Å². The predicted molar refractivity (Wildman–Crippen MR) is 155 cm³/mol. The zero-order chi connectivity index (χ0) is 28.3. The van der Waals surface area contributed by atoms with Gasteiger partial charge in [-0.3, -0.25) is 9.69 Å². The third kappa shape index (κ3) is 8.69. The number of amides is 1. The van der Waals surface area contributed by atoms with Gasteiger partial charge in [0, 0.05) is 6.54 Å². The van der Waals surface area contributed by atoms with E-state index in [9.17, 15) is 17.6 Å². The molecule has 1 aliphatic rings. The highest BCUT2D eigenvalue weighted by molar-refractivity contribution is 8.19. The largest absolute Gasteiger partial charge is 0.493 e. The summed E-state index contributed by atoms with van der Waals surface area (Å²) in [5.41, 5.74) is 0.697. The molecule has 0 aromatic heterocycles. The molecule has 3 rings (SSSR count). The van der Waals surface area contributed by atoms with E-state index >= 15 is 0 Å². The first-order chi connectivity index (χ1) is 18.8. The van der Waals surface area contributed by atoms with Gasteiger partial charge in [0.05, 0.1) is 23.5 Å². The van der Waals surface area contributed by atoms with E-state index in [-0.39, 0.29) is 16.6 Å². The monoisotopic (exact) mass is 574 g/mol. The van der Waals surface area contributed by atoms with E-state index in [1.807, 2.05) is 0 Å². The van der Waals surface area contributed by atoms with E-state index in [1.54, 1.807) is 31.4 Å². The zero-order valence-electron chi connectivity index (χ0n) is 22.4. The Morgan fingerprint density at radius 3 is 2.38 bits per heavy atom. The van der Waals surface area contributed by atoms with Gasteiger partial charge in [0.15, 0.2) is 16.7 Å². The van der Waals surface area contributed by atoms with Crippen LogP contribution in [0.4, 0.5) is 4.39 Å². The summed E-state index contributed by atoms with van der Waals surface area (Å²) in [5, 5.41) is -0.000558. The number of nitrogens with zero attached hydrogens (tertiary/aromatic N) is 2. The Bertz CT molecular complexity index is 1310. The first-order valence-electron chi connectivity index (χ1n) is 13.0. The topological polar surface area (TPSA) is 85.3 Å². The molecule has 7 nitrogen and oxygen atoms in total. The molecule has 1 saturated heterocycles. The molecule has 0 atom stereocenters. The van der Waals surface area contributed by atoms with Gasteiger partial charge in [-0.1, -0.05) is 57.6 Å². The van der Waals surface area contributed by atoms with E-state index in [0.29, 0.717) is 28.6 Å². The van der Waals surface area contributed by atoms with Crippen LogP contribution < -0.4 is 9.47 Å². The molecule has 10 heteroatoms. The highest BCUT2D eigenvalue weighted by Crippen LogP contribution is 2.35. The second-order valence-corrected chi connectivity index (χ2v) is 11.6. The molecule has 0 spiro atoms. The summed E-state index contributed by atoms with van der Waals surface area (Å²) in [6, 6.07) is 9.72. The summed E-state index contributed by atoms with van der Waals surface area (Å²) in [4.78, 5) is 14.5. The van der Waals surface area contributed by atoms with E-state index in [0.717, 1.165) is 48.9 Å². The molecule has 0 saturated carbocycles. The van der Waals surface area contributed by atoms with Crippen molar-refractivity contribution in [2.24, 2.45) is 4.40 Å². The summed E-state index contributed by atoms with van der Waals surface area (Å²) in [7, 11) is -2.59. The molecule has 1 amide bonds. The first kappa shape index (κ1) is 30.4. The molecule has 0 aliphatic carbocycles. The lowest BCUT2D eigenvalue weighted by molar-refractivity contribution is -0.121. The Labute approximate surface area is 234 Å². The van der Waals surface area contributed by atoms with Gasteiger partial charge in [-0.25, -0.2) is 4.39 Å². The quantitative estimate of drug-likeness (QED) is 0.132. The summed E-state index contributed by atoms with van der Waals surface area (Å²) >= 11 is 0.949. The summed E-state index contributed by atoms with van der Waals surface area (Å²) < 4.78 is 54.2. The van der Waals surface area contributed by atoms with Gasteiger partial charge in [0.1, 0.15) is 5.82 Å². The lowest BCUT2D eigenvalue weighted by Gasteiger charge is -2.12. The summed E-state index contributed by atoms with van der Waals surface area (Å²) in [5.74, 6) is 0.209. The number of sulfonamides is 1. The van der Waals surface area contributed by atoms with Gasteiger partial charge >= 0.3 is 0 Å². The van der Waals surface area contributed by atoms with Crippen molar-refractivity contribution in [3.8, 4) is 11.5 Å². The minimum Gasteiger partial charge on any atom is -0.493 e. The maximum atomic E-state index is 13.3. The van der Waals surface area contributed by atoms with Crippen molar-refractivity contribution in [2.45, 2.75) is 56.8 Å². The van der Waals surface area contributed by atoms with Crippen molar-refractivity contribution in [2.75, 3.05) is 20.3 Å². The molecule has 210 valence electrons. The van der Waals surface area contributed by atoms with Gasteiger partial charge in [-0.15, -0.1) is 11.0 Å². The van der Waals surface area contributed by atoms with E-state index < -0.39 is 21.7 Å². The average Bonchev–Trinajstić information content (AvgIpc) is 3.19. The normalized spacial score (nSPS) is 15.8. The number of thioether (sulfide) groups is 1. The van der Waals surface area contributed by atoms with Crippen molar-refractivity contribution < 1.29 is 27.1 Å². The molecular formula is C29H35FN2O5S2. The van der Waals surface area contributed by atoms with Crippen molar-refractivity contribution in [3.05, 3.63) is 71.4 Å². The summed E-state index contributed by atoms with van der Waals surface area (Å²) in [6.45, 7) is 6.50. The maximum absolute atomic E-state index is 13.3. The van der Waals surface area contributed by atoms with Gasteiger partial charge in [0.2, 0.25) is 0 Å². The van der Waals surface area contributed by atoms with Crippen LogP contribution in [-0.4, -0.2) is 44.7 Å². The second kappa shape index (κ2) is 14.9. The molecule has 2 aromatic rings. The van der Waals surface area contributed by atoms with Crippen LogP contribution in [0.5, 0.6) is 11.5 Å². The van der Waals surface area contributed by atoms with Crippen molar-refractivity contribution in [1.82, 2.24) is 4.90 Å². The molecule has 2 aromatic carbocycles. The van der Waals surface area contributed by atoms with Crippen molar-refractivity contribution in [1.29, 1.82) is 0 Å². The van der Waals surface area contributed by atoms with Crippen LogP contribution in [0.2, 0.25) is 0 Å². The Morgan fingerprint density at radius 1 is 1.03 bits per heavy atom. The van der Waals surface area contributed by atoms with Crippen LogP contribution in [0.25, 0.3) is 6.08 Å². The van der Waals surface area contributed by atoms with Crippen LogP contribution in [0.15, 0.2) is 69.3 Å². The Kier molecular flexibility index (Phi) is 11.6. The number of amidine groups is 1. The third-order valence-electron chi connectivity index (χ3n) is 6.00. The minimum atomic E-state index is -4.16. The molecule has 0 unspecified atom stereocenters. The van der Waals surface area contributed by atoms with Crippen molar-refractivity contribution >= 4 is 38.9 Å². The maximum Gasteiger partial charge on any atom is 0.284 e. The molecule has 1 fully saturated rings. The van der Waals surface area contributed by atoms with Crippen LogP contribution in [-0.2, 0) is 14.8 Å². The number of carbonyl (C=O) groups excluding carboxylic acids is 1. The fourth-order valence-corrected chi connectivity index (χ4v) is 6.11. The first-order valence-corrected chi connectivity index (χ1v) is 15.3. The fourth-order valence-electron chi connectivity index (χ4n) is 3.92. The Hall–Kier alpha value is -3.11. The molecule has 0 radical (unpaired) electrons. The van der Waals surface area contributed by atoms with E-state index in [1.165, 1.54) is 43.1 Å². The molecule has 1 heterocycles. The third-order valence-corrected chi connectivity index (χ3v) is 8.40. The zero-order valence-corrected chi connectivity index (χ0v) is 24.0. The SMILES string of the molecule is C=CCN1C(=O)C(=Cc2ccc(OC)c(OCCCCCCCCC)c2)SC1=NS(=O)(=O)c1ccc(F)cc1. The van der Waals surface area contributed by atoms with E-state index in [2.05, 4.69) is 17.9 Å². The van der Waals surface area contributed by atoms with Crippen LogP contribution in [0.1, 0.15) is 57.4 Å². The number of unbranched alkanes of at least 4 members (excludes halogenated alkanes) is 6. The number of rotatable bonds is 15. The molecule has 0 N–H and O–H groups in total.